The molecule has 0 bridgehead atoms. The Morgan fingerprint density at radius 2 is 2.24 bits per heavy atom. The summed E-state index contributed by atoms with van der Waals surface area (Å²) < 4.78 is 12.7. The van der Waals surface area contributed by atoms with E-state index in [1.54, 1.807) is 13.3 Å². The molecule has 0 radical (unpaired) electrons. The van der Waals surface area contributed by atoms with Crippen LogP contribution in [0.15, 0.2) is 6.20 Å². The van der Waals surface area contributed by atoms with Crippen LogP contribution in [0.25, 0.3) is 0 Å². The average molecular weight is 239 g/mol. The normalized spacial score (nSPS) is 19.2. The highest BCUT2D eigenvalue weighted by Crippen LogP contribution is 2.34. The van der Waals surface area contributed by atoms with Crippen molar-refractivity contribution >= 4 is 0 Å². The third-order valence-electron chi connectivity index (χ3n) is 3.51. The minimum Gasteiger partial charge on any atom is -0.493 e. The SMILES string of the molecule is CNC(c1c(OC)cnn1C)C1CCOCC1. The molecule has 5 nitrogen and oxygen atoms in total. The second-order valence-corrected chi connectivity index (χ2v) is 4.44. The van der Waals surface area contributed by atoms with Gasteiger partial charge in [-0.15, -0.1) is 0 Å². The molecule has 1 saturated heterocycles. The van der Waals surface area contributed by atoms with Crippen LogP contribution in [-0.4, -0.2) is 37.2 Å². The highest BCUT2D eigenvalue weighted by Gasteiger charge is 2.28. The van der Waals surface area contributed by atoms with E-state index in [4.69, 9.17) is 9.47 Å². The van der Waals surface area contributed by atoms with Crippen LogP contribution in [0.3, 0.4) is 0 Å². The first-order valence-electron chi connectivity index (χ1n) is 6.08. The molecule has 0 spiro atoms. The van der Waals surface area contributed by atoms with Crippen LogP contribution in [0.2, 0.25) is 0 Å². The molecule has 1 aromatic rings. The molecule has 2 rings (SSSR count). The van der Waals surface area contributed by atoms with Crippen LogP contribution in [0.4, 0.5) is 0 Å². The minimum atomic E-state index is 0.279. The molecule has 1 fully saturated rings. The summed E-state index contributed by atoms with van der Waals surface area (Å²) in [4.78, 5) is 0. The highest BCUT2D eigenvalue weighted by atomic mass is 16.5. The zero-order chi connectivity index (χ0) is 12.3. The summed E-state index contributed by atoms with van der Waals surface area (Å²) in [6.45, 7) is 1.70. The second-order valence-electron chi connectivity index (χ2n) is 4.44. The van der Waals surface area contributed by atoms with E-state index < -0.39 is 0 Å². The summed E-state index contributed by atoms with van der Waals surface area (Å²) in [6.07, 6.45) is 3.94. The van der Waals surface area contributed by atoms with Gasteiger partial charge in [0.2, 0.25) is 0 Å². The number of ether oxygens (including phenoxy) is 2. The molecule has 17 heavy (non-hydrogen) atoms. The van der Waals surface area contributed by atoms with Crippen molar-refractivity contribution < 1.29 is 9.47 Å². The van der Waals surface area contributed by atoms with Gasteiger partial charge in [-0.05, 0) is 25.8 Å². The van der Waals surface area contributed by atoms with Gasteiger partial charge < -0.3 is 14.8 Å². The van der Waals surface area contributed by atoms with E-state index in [0.717, 1.165) is 37.5 Å². The van der Waals surface area contributed by atoms with Gasteiger partial charge in [-0.25, -0.2) is 0 Å². The lowest BCUT2D eigenvalue weighted by molar-refractivity contribution is 0.0533. The molecule has 1 aliphatic rings. The Morgan fingerprint density at radius 3 is 2.82 bits per heavy atom. The number of nitrogens with zero attached hydrogens (tertiary/aromatic N) is 2. The molecule has 0 amide bonds. The summed E-state index contributed by atoms with van der Waals surface area (Å²) in [7, 11) is 5.64. The number of nitrogens with one attached hydrogen (secondary N) is 1. The fraction of sp³-hybridized carbons (Fsp3) is 0.750. The Labute approximate surface area is 102 Å². The van der Waals surface area contributed by atoms with Crippen LogP contribution < -0.4 is 10.1 Å². The largest absolute Gasteiger partial charge is 0.493 e. The Bertz CT molecular complexity index is 359. The molecule has 0 aliphatic carbocycles. The van der Waals surface area contributed by atoms with Crippen molar-refractivity contribution in [2.45, 2.75) is 18.9 Å². The standard InChI is InChI=1S/C12H21N3O2/c1-13-11(9-4-6-17-7-5-9)12-10(16-3)8-14-15(12)2/h8-9,11,13H,4-7H2,1-3H3. The van der Waals surface area contributed by atoms with E-state index >= 15 is 0 Å². The number of methoxy groups -OCH3 is 1. The maximum Gasteiger partial charge on any atom is 0.161 e. The molecule has 0 aromatic carbocycles. The van der Waals surface area contributed by atoms with E-state index in [-0.39, 0.29) is 6.04 Å². The first-order valence-corrected chi connectivity index (χ1v) is 6.08. The van der Waals surface area contributed by atoms with Gasteiger partial charge in [-0.2, -0.15) is 5.10 Å². The van der Waals surface area contributed by atoms with Gasteiger partial charge in [0.1, 0.15) is 0 Å². The molecule has 1 aromatic heterocycles. The van der Waals surface area contributed by atoms with Crippen molar-refractivity contribution in [1.82, 2.24) is 15.1 Å². The van der Waals surface area contributed by atoms with Crippen molar-refractivity contribution in [1.29, 1.82) is 0 Å². The monoisotopic (exact) mass is 239 g/mol. The predicted molar refractivity (Wildman–Crippen MR) is 65.1 cm³/mol. The number of aromatic nitrogens is 2. The van der Waals surface area contributed by atoms with Crippen LogP contribution in [0.1, 0.15) is 24.6 Å². The van der Waals surface area contributed by atoms with Gasteiger partial charge in [0.05, 0.1) is 25.0 Å². The summed E-state index contributed by atoms with van der Waals surface area (Å²) in [5, 5.41) is 7.66. The maximum absolute atomic E-state index is 5.42. The van der Waals surface area contributed by atoms with Crippen LogP contribution >= 0.6 is 0 Å². The van der Waals surface area contributed by atoms with Gasteiger partial charge in [0, 0.05) is 20.3 Å². The van der Waals surface area contributed by atoms with Crippen molar-refractivity contribution in [3.63, 3.8) is 0 Å². The maximum atomic E-state index is 5.42. The van der Waals surface area contributed by atoms with E-state index in [0.29, 0.717) is 5.92 Å². The highest BCUT2D eigenvalue weighted by molar-refractivity contribution is 5.28. The summed E-state index contributed by atoms with van der Waals surface area (Å²) >= 11 is 0. The summed E-state index contributed by atoms with van der Waals surface area (Å²) in [6, 6.07) is 0.279. The molecule has 1 aliphatic heterocycles. The third-order valence-corrected chi connectivity index (χ3v) is 3.51. The fourth-order valence-corrected chi connectivity index (χ4v) is 2.58. The van der Waals surface area contributed by atoms with Gasteiger partial charge in [0.25, 0.3) is 0 Å². The van der Waals surface area contributed by atoms with Crippen molar-refractivity contribution in [3.05, 3.63) is 11.9 Å². The molecule has 5 heteroatoms. The Balaban J connectivity index is 2.23. The van der Waals surface area contributed by atoms with Crippen LogP contribution in [0.5, 0.6) is 5.75 Å². The van der Waals surface area contributed by atoms with E-state index in [1.165, 1.54) is 0 Å². The topological polar surface area (TPSA) is 48.3 Å². The molecule has 2 heterocycles. The number of hydrogen-bond donors (Lipinski definition) is 1. The number of rotatable bonds is 4. The zero-order valence-corrected chi connectivity index (χ0v) is 10.8. The van der Waals surface area contributed by atoms with E-state index in [2.05, 4.69) is 10.4 Å². The quantitative estimate of drug-likeness (QED) is 0.855. The number of aryl methyl sites for hydroxylation is 1. The minimum absolute atomic E-state index is 0.279. The molecule has 1 N–H and O–H groups in total. The van der Waals surface area contributed by atoms with Crippen molar-refractivity contribution in [2.75, 3.05) is 27.4 Å². The number of hydrogen-bond acceptors (Lipinski definition) is 4. The molecule has 0 saturated carbocycles. The van der Waals surface area contributed by atoms with Gasteiger partial charge in [-0.1, -0.05) is 0 Å². The molecule has 1 atom stereocenters. The Kier molecular flexibility index (Phi) is 4.02. The smallest absolute Gasteiger partial charge is 0.161 e. The first kappa shape index (κ1) is 12.4. The van der Waals surface area contributed by atoms with Gasteiger partial charge in [0.15, 0.2) is 5.75 Å². The second kappa shape index (κ2) is 5.51. The Morgan fingerprint density at radius 1 is 1.53 bits per heavy atom. The molecular formula is C12H21N3O2. The predicted octanol–water partition coefficient (Wildman–Crippen LogP) is 1.12. The van der Waals surface area contributed by atoms with Crippen LogP contribution in [-0.2, 0) is 11.8 Å². The van der Waals surface area contributed by atoms with Gasteiger partial charge in [-0.3, -0.25) is 4.68 Å². The fourth-order valence-electron chi connectivity index (χ4n) is 2.58. The van der Waals surface area contributed by atoms with Crippen molar-refractivity contribution in [2.24, 2.45) is 13.0 Å². The van der Waals surface area contributed by atoms with E-state index in [9.17, 15) is 0 Å². The summed E-state index contributed by atoms with van der Waals surface area (Å²) in [5.41, 5.74) is 1.13. The lowest BCUT2D eigenvalue weighted by Crippen LogP contribution is -2.31. The lowest BCUT2D eigenvalue weighted by atomic mass is 9.89. The van der Waals surface area contributed by atoms with E-state index in [1.807, 2.05) is 18.8 Å². The summed E-state index contributed by atoms with van der Waals surface area (Å²) in [5.74, 6) is 1.44. The average Bonchev–Trinajstić information content (AvgIpc) is 2.74. The first-order chi connectivity index (χ1) is 8.27. The van der Waals surface area contributed by atoms with Gasteiger partial charge >= 0.3 is 0 Å². The van der Waals surface area contributed by atoms with Crippen molar-refractivity contribution in [3.8, 4) is 5.75 Å². The molecule has 96 valence electrons. The molecular weight excluding hydrogens is 218 g/mol. The lowest BCUT2D eigenvalue weighted by Gasteiger charge is -2.30. The zero-order valence-electron chi connectivity index (χ0n) is 10.8. The van der Waals surface area contributed by atoms with Crippen LogP contribution in [0, 0.1) is 5.92 Å². The third kappa shape index (κ3) is 2.45. The Hall–Kier alpha value is -1.07. The molecule has 1 unspecified atom stereocenters.